The third-order valence-corrected chi connectivity index (χ3v) is 6.45. The summed E-state index contributed by atoms with van der Waals surface area (Å²) in [5.41, 5.74) is 3.39. The van der Waals surface area contributed by atoms with E-state index in [1.165, 1.54) is 16.3 Å². The van der Waals surface area contributed by atoms with Crippen molar-refractivity contribution in [1.29, 1.82) is 0 Å². The van der Waals surface area contributed by atoms with Gasteiger partial charge in [0, 0.05) is 30.2 Å². The van der Waals surface area contributed by atoms with Gasteiger partial charge in [0.05, 0.1) is 18.4 Å². The first-order valence-corrected chi connectivity index (χ1v) is 10.9. The van der Waals surface area contributed by atoms with E-state index in [2.05, 4.69) is 5.32 Å². The molecule has 0 atom stereocenters. The lowest BCUT2D eigenvalue weighted by Gasteiger charge is -2.10. The number of carbonyl (C=O) groups is 1. The molecule has 0 saturated heterocycles. The first kappa shape index (κ1) is 21.3. The second kappa shape index (κ2) is 8.28. The Hall–Kier alpha value is -2.97. The van der Waals surface area contributed by atoms with Crippen molar-refractivity contribution >= 4 is 56.9 Å². The van der Waals surface area contributed by atoms with Crippen LogP contribution in [0.1, 0.15) is 5.56 Å². The molecule has 31 heavy (non-hydrogen) atoms. The number of aryl methyl sites for hydroxylation is 2. The van der Waals surface area contributed by atoms with Crippen LogP contribution in [0.5, 0.6) is 5.75 Å². The molecule has 1 N–H and O–H groups in total. The zero-order valence-electron chi connectivity index (χ0n) is 17.5. The molecule has 4 rings (SSSR count). The van der Waals surface area contributed by atoms with Crippen LogP contribution in [0.4, 0.5) is 5.69 Å². The summed E-state index contributed by atoms with van der Waals surface area (Å²) in [5.74, 6) is 0.587. The fraction of sp³-hybridized carbons (Fsp3) is 0.227. The van der Waals surface area contributed by atoms with E-state index >= 15 is 0 Å². The van der Waals surface area contributed by atoms with Gasteiger partial charge in [-0.05, 0) is 42.8 Å². The monoisotopic (exact) mass is 456 g/mol. The molecule has 7 nitrogen and oxygen atoms in total. The molecule has 0 aliphatic heterocycles. The van der Waals surface area contributed by atoms with Gasteiger partial charge in [-0.25, -0.2) is 4.98 Å². The molecule has 4 aromatic rings. The smallest absolute Gasteiger partial charge is 0.278 e. The Balaban J connectivity index is 1.67. The maximum Gasteiger partial charge on any atom is 0.278 e. The Kier molecular flexibility index (Phi) is 5.68. The molecule has 0 aliphatic rings. The number of methoxy groups -OCH3 is 1. The maximum absolute atomic E-state index is 13.1. The largest absolute Gasteiger partial charge is 0.497 e. The third kappa shape index (κ3) is 3.88. The first-order valence-electron chi connectivity index (χ1n) is 9.52. The minimum absolute atomic E-state index is 0.103. The standard InChI is InChI=1S/C22H21ClN4O3S/c1-12-5-6-13(23)9-16(12)24-18(28)11-31-22-25-19-15-10-14(30-4)7-8-17(15)26(2)20(19)21(29)27(22)3/h5-10H,11H2,1-4H3,(H,24,28). The molecule has 1 amide bonds. The van der Waals surface area contributed by atoms with Gasteiger partial charge in [0.15, 0.2) is 5.16 Å². The number of rotatable bonds is 5. The van der Waals surface area contributed by atoms with Crippen LogP contribution in [0.25, 0.3) is 21.9 Å². The van der Waals surface area contributed by atoms with E-state index in [4.69, 9.17) is 21.3 Å². The molecule has 0 aliphatic carbocycles. The highest BCUT2D eigenvalue weighted by molar-refractivity contribution is 7.99. The number of fused-ring (bicyclic) bond motifs is 3. The van der Waals surface area contributed by atoms with Gasteiger partial charge in [0.1, 0.15) is 16.8 Å². The van der Waals surface area contributed by atoms with Crippen molar-refractivity contribution in [1.82, 2.24) is 14.1 Å². The molecule has 0 radical (unpaired) electrons. The predicted molar refractivity (Wildman–Crippen MR) is 126 cm³/mol. The third-order valence-electron chi connectivity index (χ3n) is 5.19. The molecule has 2 aromatic carbocycles. The molecule has 2 heterocycles. The average molecular weight is 457 g/mol. The second-order valence-corrected chi connectivity index (χ2v) is 8.57. The Morgan fingerprint density at radius 1 is 1.19 bits per heavy atom. The SMILES string of the molecule is COc1ccc2c(c1)c1nc(SCC(=O)Nc3cc(Cl)ccc3C)n(C)c(=O)c1n2C. The fourth-order valence-electron chi connectivity index (χ4n) is 3.48. The van der Waals surface area contributed by atoms with Gasteiger partial charge >= 0.3 is 0 Å². The van der Waals surface area contributed by atoms with Gasteiger partial charge in [0.25, 0.3) is 5.56 Å². The highest BCUT2D eigenvalue weighted by atomic mass is 35.5. The van der Waals surface area contributed by atoms with Crippen LogP contribution in [0, 0.1) is 6.92 Å². The van der Waals surface area contributed by atoms with Gasteiger partial charge in [-0.1, -0.05) is 29.4 Å². The molecule has 0 unspecified atom stereocenters. The van der Waals surface area contributed by atoms with Gasteiger partial charge in [-0.2, -0.15) is 0 Å². The van der Waals surface area contributed by atoms with E-state index in [0.29, 0.717) is 32.6 Å². The summed E-state index contributed by atoms with van der Waals surface area (Å²) in [7, 11) is 5.10. The molecule has 0 spiro atoms. The lowest BCUT2D eigenvalue weighted by Crippen LogP contribution is -2.22. The summed E-state index contributed by atoms with van der Waals surface area (Å²) in [6, 6.07) is 11.0. The lowest BCUT2D eigenvalue weighted by molar-refractivity contribution is -0.113. The molecular formula is C22H21ClN4O3S. The number of ether oxygens (including phenoxy) is 1. The maximum atomic E-state index is 13.1. The van der Waals surface area contributed by atoms with Crippen LogP contribution in [-0.2, 0) is 18.9 Å². The molecule has 0 saturated carbocycles. The van der Waals surface area contributed by atoms with Crippen LogP contribution in [-0.4, -0.2) is 32.9 Å². The Morgan fingerprint density at radius 3 is 2.71 bits per heavy atom. The summed E-state index contributed by atoms with van der Waals surface area (Å²) in [4.78, 5) is 30.3. The Morgan fingerprint density at radius 2 is 1.97 bits per heavy atom. The number of hydrogen-bond acceptors (Lipinski definition) is 5. The number of amides is 1. The van der Waals surface area contributed by atoms with Gasteiger partial charge in [-0.3, -0.25) is 14.2 Å². The second-order valence-electron chi connectivity index (χ2n) is 7.19. The zero-order valence-corrected chi connectivity index (χ0v) is 19.1. The highest BCUT2D eigenvalue weighted by Gasteiger charge is 2.18. The molecule has 0 fully saturated rings. The van der Waals surface area contributed by atoms with E-state index in [-0.39, 0.29) is 17.2 Å². The number of nitrogens with one attached hydrogen (secondary N) is 1. The molecular weight excluding hydrogens is 436 g/mol. The number of benzene rings is 2. The number of halogens is 1. The topological polar surface area (TPSA) is 78.2 Å². The van der Waals surface area contributed by atoms with Crippen LogP contribution in [0.2, 0.25) is 5.02 Å². The van der Waals surface area contributed by atoms with Gasteiger partial charge in [-0.15, -0.1) is 0 Å². The van der Waals surface area contributed by atoms with E-state index < -0.39 is 0 Å². The summed E-state index contributed by atoms with van der Waals surface area (Å²) in [6.07, 6.45) is 0. The number of thioether (sulfide) groups is 1. The van der Waals surface area contributed by atoms with E-state index in [9.17, 15) is 9.59 Å². The van der Waals surface area contributed by atoms with Crippen molar-refractivity contribution in [2.75, 3.05) is 18.2 Å². The van der Waals surface area contributed by atoms with Crippen molar-refractivity contribution in [3.8, 4) is 5.75 Å². The fourth-order valence-corrected chi connectivity index (χ4v) is 4.42. The normalized spacial score (nSPS) is 11.3. The number of aromatic nitrogens is 3. The Labute approximate surface area is 188 Å². The minimum Gasteiger partial charge on any atom is -0.497 e. The first-order chi connectivity index (χ1) is 14.8. The van der Waals surface area contributed by atoms with Crippen molar-refractivity contribution < 1.29 is 9.53 Å². The Bertz CT molecular complexity index is 1390. The van der Waals surface area contributed by atoms with Crippen LogP contribution in [0.15, 0.2) is 46.3 Å². The van der Waals surface area contributed by atoms with Gasteiger partial charge < -0.3 is 14.6 Å². The molecule has 2 aromatic heterocycles. The summed E-state index contributed by atoms with van der Waals surface area (Å²) < 4.78 is 8.64. The molecule has 9 heteroatoms. The van der Waals surface area contributed by atoms with Crippen molar-refractivity contribution in [2.24, 2.45) is 14.1 Å². The van der Waals surface area contributed by atoms with E-state index in [0.717, 1.165) is 16.5 Å². The number of hydrogen-bond donors (Lipinski definition) is 1. The average Bonchev–Trinajstić information content (AvgIpc) is 3.03. The summed E-state index contributed by atoms with van der Waals surface area (Å²) in [6.45, 7) is 1.90. The lowest BCUT2D eigenvalue weighted by atomic mass is 10.2. The quantitative estimate of drug-likeness (QED) is 0.361. The number of anilines is 1. The minimum atomic E-state index is -0.204. The zero-order chi connectivity index (χ0) is 22.3. The van der Waals surface area contributed by atoms with Crippen molar-refractivity contribution in [3.63, 3.8) is 0 Å². The van der Waals surface area contributed by atoms with Crippen molar-refractivity contribution in [3.05, 3.63) is 57.3 Å². The molecule has 0 bridgehead atoms. The summed E-state index contributed by atoms with van der Waals surface area (Å²) >= 11 is 7.23. The van der Waals surface area contributed by atoms with E-state index in [1.807, 2.05) is 42.8 Å². The summed E-state index contributed by atoms with van der Waals surface area (Å²) in [5, 5.41) is 4.70. The van der Waals surface area contributed by atoms with Crippen LogP contribution in [0.3, 0.4) is 0 Å². The number of nitrogens with zero attached hydrogens (tertiary/aromatic N) is 3. The highest BCUT2D eigenvalue weighted by Crippen LogP contribution is 2.30. The number of carbonyl (C=O) groups excluding carboxylic acids is 1. The van der Waals surface area contributed by atoms with Crippen molar-refractivity contribution in [2.45, 2.75) is 12.1 Å². The van der Waals surface area contributed by atoms with Crippen LogP contribution < -0.4 is 15.6 Å². The van der Waals surface area contributed by atoms with Crippen LogP contribution >= 0.6 is 23.4 Å². The predicted octanol–water partition coefficient (Wildman–Crippen LogP) is 4.13. The van der Waals surface area contributed by atoms with E-state index in [1.54, 1.807) is 26.3 Å². The van der Waals surface area contributed by atoms with Gasteiger partial charge in [0.2, 0.25) is 5.91 Å². The molecule has 160 valence electrons.